The first-order valence-electron chi connectivity index (χ1n) is 9.19. The normalized spacial score (nSPS) is 11.0. The van der Waals surface area contributed by atoms with E-state index in [0.717, 1.165) is 11.3 Å². The SMILES string of the molecule is Cc1c(C(N)=O)sc(NC(=O)CSc2nnc(-c3ccco3)n2C)c1C(=O)OC(C)C. The predicted octanol–water partition coefficient (Wildman–Crippen LogP) is 2.84. The molecule has 0 atom stereocenters. The summed E-state index contributed by atoms with van der Waals surface area (Å²) in [4.78, 5) is 36.9. The molecule has 3 heterocycles. The number of hydrogen-bond acceptors (Lipinski definition) is 9. The molecule has 3 N–H and O–H groups in total. The highest BCUT2D eigenvalue weighted by atomic mass is 32.2. The molecule has 0 radical (unpaired) electrons. The average Bonchev–Trinajstić information content (AvgIpc) is 3.39. The van der Waals surface area contributed by atoms with Crippen molar-refractivity contribution in [1.82, 2.24) is 14.8 Å². The Labute approximate surface area is 186 Å². The highest BCUT2D eigenvalue weighted by Gasteiger charge is 2.26. The number of ether oxygens (including phenoxy) is 1. The minimum absolute atomic E-state index is 0.00560. The highest BCUT2D eigenvalue weighted by Crippen LogP contribution is 2.34. The zero-order valence-electron chi connectivity index (χ0n) is 17.3. The second-order valence-corrected chi connectivity index (χ2v) is 8.72. The van der Waals surface area contributed by atoms with E-state index in [2.05, 4.69) is 15.5 Å². The monoisotopic (exact) mass is 463 g/mol. The lowest BCUT2D eigenvalue weighted by Crippen LogP contribution is -2.18. The fourth-order valence-electron chi connectivity index (χ4n) is 2.71. The molecule has 0 aromatic carbocycles. The summed E-state index contributed by atoms with van der Waals surface area (Å²) >= 11 is 2.11. The maximum absolute atomic E-state index is 12.6. The van der Waals surface area contributed by atoms with E-state index in [1.807, 2.05) is 0 Å². The number of nitrogens with zero attached hydrogens (tertiary/aromatic N) is 3. The fraction of sp³-hybridized carbons (Fsp3) is 0.316. The molecular formula is C19H21N5O5S2. The van der Waals surface area contributed by atoms with E-state index in [4.69, 9.17) is 14.9 Å². The van der Waals surface area contributed by atoms with Crippen LogP contribution in [0.2, 0.25) is 0 Å². The number of thioether (sulfide) groups is 1. The van der Waals surface area contributed by atoms with E-state index in [0.29, 0.717) is 22.3 Å². The first-order valence-corrected chi connectivity index (χ1v) is 11.0. The zero-order valence-corrected chi connectivity index (χ0v) is 18.9. The number of anilines is 1. The lowest BCUT2D eigenvalue weighted by molar-refractivity contribution is -0.113. The van der Waals surface area contributed by atoms with Crippen molar-refractivity contribution in [3.63, 3.8) is 0 Å². The first kappa shape index (κ1) is 22.6. The average molecular weight is 464 g/mol. The van der Waals surface area contributed by atoms with Crippen LogP contribution in [-0.4, -0.2) is 44.4 Å². The molecule has 3 aromatic rings. The van der Waals surface area contributed by atoms with E-state index in [1.54, 1.807) is 44.5 Å². The Balaban J connectivity index is 1.74. The Hall–Kier alpha value is -3.12. The smallest absolute Gasteiger partial charge is 0.341 e. The third kappa shape index (κ3) is 4.97. The molecule has 0 spiro atoms. The van der Waals surface area contributed by atoms with Crippen LogP contribution in [0.5, 0.6) is 0 Å². The van der Waals surface area contributed by atoms with Crippen LogP contribution in [-0.2, 0) is 16.6 Å². The maximum atomic E-state index is 12.6. The Bertz CT molecular complexity index is 1120. The second-order valence-electron chi connectivity index (χ2n) is 6.76. The van der Waals surface area contributed by atoms with Gasteiger partial charge in [0.25, 0.3) is 5.91 Å². The van der Waals surface area contributed by atoms with Gasteiger partial charge in [-0.1, -0.05) is 11.8 Å². The predicted molar refractivity (Wildman–Crippen MR) is 116 cm³/mol. The highest BCUT2D eigenvalue weighted by molar-refractivity contribution is 7.99. The number of thiophene rings is 1. The lowest BCUT2D eigenvalue weighted by atomic mass is 10.1. The van der Waals surface area contributed by atoms with Gasteiger partial charge >= 0.3 is 5.97 Å². The van der Waals surface area contributed by atoms with Gasteiger partial charge in [-0.2, -0.15) is 0 Å². The molecule has 0 fully saturated rings. The van der Waals surface area contributed by atoms with Gasteiger partial charge in [0.2, 0.25) is 5.91 Å². The fourth-order valence-corrected chi connectivity index (χ4v) is 4.48. The van der Waals surface area contributed by atoms with Gasteiger partial charge in [-0.15, -0.1) is 21.5 Å². The molecule has 3 rings (SSSR count). The number of esters is 1. The van der Waals surface area contributed by atoms with Gasteiger partial charge in [-0.05, 0) is 38.5 Å². The minimum Gasteiger partial charge on any atom is -0.461 e. The van der Waals surface area contributed by atoms with Crippen molar-refractivity contribution in [1.29, 1.82) is 0 Å². The number of primary amides is 1. The summed E-state index contributed by atoms with van der Waals surface area (Å²) in [5.74, 6) is -0.593. The van der Waals surface area contributed by atoms with Crippen LogP contribution >= 0.6 is 23.1 Å². The first-order chi connectivity index (χ1) is 14.7. The summed E-state index contributed by atoms with van der Waals surface area (Å²) < 4.78 is 12.3. The van der Waals surface area contributed by atoms with Crippen LogP contribution in [0.3, 0.4) is 0 Å². The van der Waals surface area contributed by atoms with Gasteiger partial charge in [0, 0.05) is 7.05 Å². The Morgan fingerprint density at radius 3 is 2.71 bits per heavy atom. The quantitative estimate of drug-likeness (QED) is 0.383. The van der Waals surface area contributed by atoms with Crippen LogP contribution < -0.4 is 11.1 Å². The van der Waals surface area contributed by atoms with Crippen molar-refractivity contribution in [3.8, 4) is 11.6 Å². The van der Waals surface area contributed by atoms with Crippen molar-refractivity contribution in [3.05, 3.63) is 34.4 Å². The van der Waals surface area contributed by atoms with E-state index in [-0.39, 0.29) is 33.2 Å². The number of carbonyl (C=O) groups excluding carboxylic acids is 3. The summed E-state index contributed by atoms with van der Waals surface area (Å²) in [6.45, 7) is 5.01. The molecular weight excluding hydrogens is 442 g/mol. The Morgan fingerprint density at radius 1 is 1.35 bits per heavy atom. The molecule has 12 heteroatoms. The maximum Gasteiger partial charge on any atom is 0.341 e. The molecule has 2 amide bonds. The number of nitrogens with two attached hydrogens (primary N) is 1. The lowest BCUT2D eigenvalue weighted by Gasteiger charge is -2.10. The van der Waals surface area contributed by atoms with Crippen molar-refractivity contribution in [2.24, 2.45) is 12.8 Å². The minimum atomic E-state index is -0.680. The molecule has 0 aliphatic heterocycles. The largest absolute Gasteiger partial charge is 0.461 e. The molecule has 0 aliphatic carbocycles. The zero-order chi connectivity index (χ0) is 22.7. The number of rotatable bonds is 8. The summed E-state index contributed by atoms with van der Waals surface area (Å²) in [6, 6.07) is 3.51. The molecule has 3 aromatic heterocycles. The van der Waals surface area contributed by atoms with E-state index < -0.39 is 11.9 Å². The molecule has 0 aliphatic rings. The van der Waals surface area contributed by atoms with Crippen LogP contribution in [0.15, 0.2) is 28.0 Å². The van der Waals surface area contributed by atoms with Crippen LogP contribution in [0.25, 0.3) is 11.6 Å². The topological polar surface area (TPSA) is 142 Å². The van der Waals surface area contributed by atoms with Gasteiger partial charge < -0.3 is 24.8 Å². The Morgan fingerprint density at radius 2 is 2.10 bits per heavy atom. The van der Waals surface area contributed by atoms with E-state index in [9.17, 15) is 14.4 Å². The molecule has 10 nitrogen and oxygen atoms in total. The third-order valence-corrected chi connectivity index (χ3v) is 6.32. The van der Waals surface area contributed by atoms with Gasteiger partial charge in [-0.3, -0.25) is 9.59 Å². The van der Waals surface area contributed by atoms with Crippen LogP contribution in [0.4, 0.5) is 5.00 Å². The number of furan rings is 1. The molecule has 0 bridgehead atoms. The van der Waals surface area contributed by atoms with E-state index in [1.165, 1.54) is 18.0 Å². The summed E-state index contributed by atoms with van der Waals surface area (Å²) in [5, 5.41) is 11.6. The van der Waals surface area contributed by atoms with Gasteiger partial charge in [0.1, 0.15) is 5.00 Å². The standard InChI is InChI=1S/C19H21N5O5S2/c1-9(2)29-18(27)13-10(3)14(15(20)26)31-17(13)21-12(25)8-30-19-23-22-16(24(19)4)11-6-5-7-28-11/h5-7,9H,8H2,1-4H3,(H2,20,26)(H,21,25). The summed E-state index contributed by atoms with van der Waals surface area (Å²) in [7, 11) is 1.76. The van der Waals surface area contributed by atoms with Gasteiger partial charge in [0.15, 0.2) is 16.7 Å². The number of amides is 2. The molecule has 31 heavy (non-hydrogen) atoms. The molecule has 164 valence electrons. The third-order valence-electron chi connectivity index (χ3n) is 4.08. The summed E-state index contributed by atoms with van der Waals surface area (Å²) in [5.41, 5.74) is 5.91. The second kappa shape index (κ2) is 9.35. The van der Waals surface area contributed by atoms with Crippen LogP contribution in [0.1, 0.15) is 39.4 Å². The number of carbonyl (C=O) groups is 3. The van der Waals surface area contributed by atoms with Gasteiger partial charge in [0.05, 0.1) is 28.6 Å². The molecule has 0 unspecified atom stereocenters. The number of nitrogens with one attached hydrogen (secondary N) is 1. The van der Waals surface area contributed by atoms with Crippen molar-refractivity contribution in [2.45, 2.75) is 32.0 Å². The van der Waals surface area contributed by atoms with Gasteiger partial charge in [-0.25, -0.2) is 4.79 Å². The van der Waals surface area contributed by atoms with Crippen molar-refractivity contribution < 1.29 is 23.5 Å². The Kier molecular flexibility index (Phi) is 6.81. The molecule has 0 saturated carbocycles. The summed E-state index contributed by atoms with van der Waals surface area (Å²) in [6.07, 6.45) is 1.18. The number of aromatic nitrogens is 3. The van der Waals surface area contributed by atoms with E-state index >= 15 is 0 Å². The molecule has 0 saturated heterocycles. The van der Waals surface area contributed by atoms with Crippen molar-refractivity contribution >= 4 is 45.9 Å². The van der Waals surface area contributed by atoms with Crippen LogP contribution in [0, 0.1) is 6.92 Å². The number of hydrogen-bond donors (Lipinski definition) is 2. The van der Waals surface area contributed by atoms with Crippen molar-refractivity contribution in [2.75, 3.05) is 11.1 Å².